The van der Waals surface area contributed by atoms with Crippen molar-refractivity contribution in [1.29, 1.82) is 0 Å². The zero-order chi connectivity index (χ0) is 98.8. The van der Waals surface area contributed by atoms with Crippen LogP contribution in [0, 0.1) is 5.41 Å². The predicted molar refractivity (Wildman–Crippen MR) is 465 cm³/mol. The molecule has 0 aliphatic carbocycles. The van der Waals surface area contributed by atoms with Crippen LogP contribution < -0.4 is 0 Å². The Bertz CT molecular complexity index is 3320. The Morgan fingerprint density at radius 1 is 0.188 bits per heavy atom. The number of hydrogen-bond donors (Lipinski definition) is 0. The molecular weight excluding hydrogens is 1690 g/mol. The molecule has 0 heterocycles. The van der Waals surface area contributed by atoms with Crippen LogP contribution in [0.1, 0.15) is 58.8 Å². The van der Waals surface area contributed by atoms with Crippen molar-refractivity contribution >= 4 is 107 Å². The number of esters is 18. The average Bonchev–Trinajstić information content (AvgIpc) is 0.853. The summed E-state index contributed by atoms with van der Waals surface area (Å²) in [6, 6.07) is 0. The maximum absolute atomic E-state index is 11.3. The highest BCUT2D eigenvalue weighted by Gasteiger charge is 2.37. The molecule has 0 saturated carbocycles. The van der Waals surface area contributed by atoms with E-state index < -0.39 is 101 Å². The molecule has 0 N–H and O–H groups in total. The van der Waals surface area contributed by atoms with E-state index in [-0.39, 0.29) is 131 Å². The van der Waals surface area contributed by atoms with Crippen LogP contribution >= 0.6 is 0 Å². The third kappa shape index (κ3) is 102. The first kappa shape index (κ1) is 129. The molecular formula is C90H120O38. The van der Waals surface area contributed by atoms with Gasteiger partial charge < -0.3 is 94.7 Å². The summed E-state index contributed by atoms with van der Waals surface area (Å²) < 4.78 is 95.5. The van der Waals surface area contributed by atoms with Crippen molar-refractivity contribution in [1.82, 2.24) is 0 Å². The lowest BCUT2D eigenvalue weighted by molar-refractivity contribution is -0.165. The molecule has 0 radical (unpaired) electrons. The smallest absolute Gasteiger partial charge is 0.333 e. The molecule has 0 unspecified atom stereocenters. The first-order valence-electron chi connectivity index (χ1n) is 37.8. The molecule has 0 aliphatic rings. The number of carbonyl (C=O) groups excluding carboxylic acids is 18. The predicted octanol–water partition coefficient (Wildman–Crippen LogP) is 8.66. The Kier molecular flexibility index (Phi) is 96.6. The largest absolute Gasteiger partial charge is 0.463 e. The van der Waals surface area contributed by atoms with Gasteiger partial charge in [-0.3, -0.25) is 0 Å². The molecule has 0 aliphatic heterocycles. The number of rotatable bonds is 62. The van der Waals surface area contributed by atoms with Crippen LogP contribution in [0.25, 0.3) is 0 Å². The summed E-state index contributed by atoms with van der Waals surface area (Å²) >= 11 is 0. The normalized spacial score (nSPS) is 9.33. The van der Waals surface area contributed by atoms with Gasteiger partial charge in [0.2, 0.25) is 0 Å². The van der Waals surface area contributed by atoms with Crippen molar-refractivity contribution in [3.05, 3.63) is 251 Å². The molecule has 0 saturated heterocycles. The van der Waals surface area contributed by atoms with Crippen molar-refractivity contribution < 1.29 is 181 Å². The topological polar surface area (TPSA) is 492 Å². The van der Waals surface area contributed by atoms with Crippen LogP contribution in [0.4, 0.5) is 0 Å². The molecule has 0 amide bonds. The van der Waals surface area contributed by atoms with E-state index in [1.54, 1.807) is 38.2 Å². The van der Waals surface area contributed by atoms with Gasteiger partial charge >= 0.3 is 107 Å². The second-order valence-electron chi connectivity index (χ2n) is 22.5. The SMILES string of the molecule is C=C(C)C(=O)OCCOCCOC(=O)C(=C)C.C=CC(=O)OC/C=C/COC(=O)C=C.C=CC(=O)OC/C=C\COC(=O)C=C.C=CC(=O)OCC(COC(=O)C=C)(COC(=O)C=C)COC(=O)C=C.C=CC(=O)OCCCCCCOC(=O)C=C.C=CC(=O)OCCCCOC(=O)C=C.C=CC(=O)OCCCOC(=O)C=C.C=CC(=O)OCCOCCOC(=O)C=C. The fourth-order valence-electron chi connectivity index (χ4n) is 5.98. The molecule has 0 aromatic carbocycles. The minimum absolute atomic E-state index is 0.135. The van der Waals surface area contributed by atoms with E-state index >= 15 is 0 Å². The summed E-state index contributed by atoms with van der Waals surface area (Å²) in [5, 5.41) is 0. The second-order valence-corrected chi connectivity index (χ2v) is 22.5. The lowest BCUT2D eigenvalue weighted by Crippen LogP contribution is -2.43. The summed E-state index contributed by atoms with van der Waals surface area (Å²) in [7, 11) is 0. The number of ether oxygens (including phenoxy) is 20. The van der Waals surface area contributed by atoms with Crippen LogP contribution in [-0.4, -0.2) is 253 Å². The monoisotopic (exact) mass is 1810 g/mol. The van der Waals surface area contributed by atoms with E-state index in [9.17, 15) is 86.3 Å². The van der Waals surface area contributed by atoms with Crippen molar-refractivity contribution in [2.75, 3.05) is 145 Å². The minimum atomic E-state index is -1.34. The van der Waals surface area contributed by atoms with Gasteiger partial charge in [0.1, 0.15) is 84.7 Å². The Labute approximate surface area is 746 Å². The molecule has 38 nitrogen and oxygen atoms in total. The van der Waals surface area contributed by atoms with E-state index in [0.717, 1.165) is 123 Å². The maximum Gasteiger partial charge on any atom is 0.333 e. The highest BCUT2D eigenvalue weighted by atomic mass is 16.6. The number of hydrogen-bond acceptors (Lipinski definition) is 38. The molecule has 128 heavy (non-hydrogen) atoms. The third-order valence-electron chi connectivity index (χ3n) is 12.3. The van der Waals surface area contributed by atoms with Gasteiger partial charge in [0.25, 0.3) is 0 Å². The van der Waals surface area contributed by atoms with Gasteiger partial charge in [-0.2, -0.15) is 0 Å². The number of carbonyl (C=O) groups is 18. The Morgan fingerprint density at radius 3 is 0.516 bits per heavy atom. The van der Waals surface area contributed by atoms with Gasteiger partial charge in [-0.15, -0.1) is 0 Å². The van der Waals surface area contributed by atoms with Gasteiger partial charge in [0.15, 0.2) is 0 Å². The van der Waals surface area contributed by atoms with E-state index in [1.165, 1.54) is 0 Å². The van der Waals surface area contributed by atoms with Crippen molar-refractivity contribution in [3.8, 4) is 0 Å². The van der Waals surface area contributed by atoms with E-state index in [2.05, 4.69) is 156 Å². The van der Waals surface area contributed by atoms with Crippen LogP contribution in [0.15, 0.2) is 251 Å². The van der Waals surface area contributed by atoms with Gasteiger partial charge in [-0.25, -0.2) is 86.3 Å². The molecule has 0 aromatic rings. The van der Waals surface area contributed by atoms with Crippen molar-refractivity contribution in [3.63, 3.8) is 0 Å². The first-order valence-corrected chi connectivity index (χ1v) is 37.8. The fourth-order valence-corrected chi connectivity index (χ4v) is 5.98. The summed E-state index contributed by atoms with van der Waals surface area (Å²) in [4.78, 5) is 194. The molecule has 0 atom stereocenters. The summed E-state index contributed by atoms with van der Waals surface area (Å²) in [6.07, 6.45) is 28.4. The van der Waals surface area contributed by atoms with Crippen molar-refractivity contribution in [2.45, 2.75) is 58.8 Å². The maximum atomic E-state index is 11.3. The molecule has 0 aromatic heterocycles. The Hall–Kier alpha value is -14.8. The lowest BCUT2D eigenvalue weighted by atomic mass is 9.92. The summed E-state index contributed by atoms with van der Waals surface area (Å²) in [5.74, 6) is -9.46. The summed E-state index contributed by atoms with van der Waals surface area (Å²) in [6.45, 7) is 64.5. The van der Waals surface area contributed by atoms with Gasteiger partial charge in [-0.05, 0) is 76.7 Å². The molecule has 38 heteroatoms. The number of unbranched alkanes of at least 4 members (excludes halogenated alkanes) is 4. The Morgan fingerprint density at radius 2 is 0.336 bits per heavy atom. The third-order valence-corrected chi connectivity index (χ3v) is 12.3. The molecule has 708 valence electrons. The lowest BCUT2D eigenvalue weighted by Gasteiger charge is -2.31. The van der Waals surface area contributed by atoms with Gasteiger partial charge in [0.05, 0.1) is 66.1 Å². The molecule has 0 fully saturated rings. The van der Waals surface area contributed by atoms with Crippen LogP contribution in [0.3, 0.4) is 0 Å². The highest BCUT2D eigenvalue weighted by Crippen LogP contribution is 2.22. The van der Waals surface area contributed by atoms with Gasteiger partial charge in [-0.1, -0.05) is 118 Å². The van der Waals surface area contributed by atoms with Crippen molar-refractivity contribution in [2.24, 2.45) is 5.41 Å². The zero-order valence-corrected chi connectivity index (χ0v) is 72.8. The average molecular weight is 1810 g/mol. The van der Waals surface area contributed by atoms with E-state index in [4.69, 9.17) is 56.8 Å². The van der Waals surface area contributed by atoms with E-state index in [0.29, 0.717) is 56.8 Å². The molecule has 0 bridgehead atoms. The van der Waals surface area contributed by atoms with Gasteiger partial charge in [0, 0.05) is 115 Å². The minimum Gasteiger partial charge on any atom is -0.463 e. The van der Waals surface area contributed by atoms with Crippen LogP contribution in [0.5, 0.6) is 0 Å². The standard InChI is InChI=1S/C17H20O8.C12H18O5.C12H18O4.C10H14O5.C10H14O4.2C10H12O4.C9H12O4/c1-5-13(18)22-9-17(10-23-14(19)6-2,11-24-15(20)7-3)12-25-16(21)8-4;1-9(2)11(13)16-7-5-15-6-8-17-12(14)10(3)4;1-3-11(13)15-9-7-5-6-8-10-16-12(14)4-2;1-3-9(11)14-7-5-13-6-8-15-10(12)4-2;3*1-3-9(11)13-7-5-6-8-14-10(12)4-2;1-3-8(10)12-6-5-7-13-9(11)4-2/h5-8H,1-4,9-12H2;1,3,5-8H2,2,4H3;3-4H,1-2,5-10H2;3-4H,1-2,5-8H2;3-4H,1-2,5-8H2;2*3-6H,1-2,7-8H2;3-4H,1-2,5-7H2/b;;;;;6-5+;6-5-;. The van der Waals surface area contributed by atoms with Crippen LogP contribution in [-0.2, 0) is 181 Å². The van der Waals surface area contributed by atoms with E-state index in [1.807, 2.05) is 0 Å². The highest BCUT2D eigenvalue weighted by molar-refractivity contribution is 5.89. The first-order chi connectivity index (χ1) is 61.0. The zero-order valence-electron chi connectivity index (χ0n) is 72.8. The summed E-state index contributed by atoms with van der Waals surface area (Å²) in [5.41, 5.74) is -0.643. The molecule has 0 spiro atoms. The van der Waals surface area contributed by atoms with Crippen LogP contribution in [0.2, 0.25) is 0 Å². The molecule has 0 rings (SSSR count). The Balaban J connectivity index is -0.000000216. The second kappa shape index (κ2) is 96.0. The quantitative estimate of drug-likeness (QED) is 0.0180. The fraction of sp³-hybridized carbons (Fsp3) is 0.356.